The number of hydrogen-bond acceptors (Lipinski definition) is 4. The number of carbonyl (C=O) groups excluding carboxylic acids is 3. The molecule has 2 heterocycles. The van der Waals surface area contributed by atoms with Crippen LogP contribution in [-0.4, -0.2) is 29.4 Å². The average molecular weight is 530 g/mol. The van der Waals surface area contributed by atoms with Gasteiger partial charge in [0.25, 0.3) is 0 Å². The number of hydrogen-bond donors (Lipinski definition) is 0. The van der Waals surface area contributed by atoms with E-state index in [1.165, 1.54) is 0 Å². The Bertz CT molecular complexity index is 1690. The Morgan fingerprint density at radius 1 is 0.821 bits per heavy atom. The molecule has 1 aliphatic carbocycles. The zero-order valence-electron chi connectivity index (χ0n) is 21.2. The highest BCUT2D eigenvalue weighted by atomic mass is 35.5. The molecule has 2 aliphatic heterocycles. The summed E-state index contributed by atoms with van der Waals surface area (Å²) in [6.07, 6.45) is 3.90. The number of Topliss-reactive ketones (excluding diaryl/α,β-unsaturated/α-hetero) is 3. The molecule has 0 aromatic heterocycles. The molecule has 190 valence electrons. The molecule has 4 nitrogen and oxygen atoms in total. The van der Waals surface area contributed by atoms with Gasteiger partial charge in [0, 0.05) is 33.3 Å². The van der Waals surface area contributed by atoms with Crippen LogP contribution in [0.5, 0.6) is 0 Å². The third-order valence-corrected chi connectivity index (χ3v) is 8.87. The molecular weight excluding hydrogens is 506 g/mol. The smallest absolute Gasteiger partial charge is 0.185 e. The van der Waals surface area contributed by atoms with E-state index in [0.717, 1.165) is 16.8 Å². The Balaban J connectivity index is 1.58. The van der Waals surface area contributed by atoms with E-state index in [4.69, 9.17) is 11.6 Å². The Kier molecular flexibility index (Phi) is 5.26. The van der Waals surface area contributed by atoms with Gasteiger partial charge in [-0.2, -0.15) is 0 Å². The van der Waals surface area contributed by atoms with Crippen LogP contribution in [0, 0.1) is 12.3 Å². The number of carbonyl (C=O) groups is 3. The van der Waals surface area contributed by atoms with E-state index in [9.17, 15) is 14.4 Å². The summed E-state index contributed by atoms with van der Waals surface area (Å²) >= 11 is 6.84. The van der Waals surface area contributed by atoms with Gasteiger partial charge in [0.1, 0.15) is 11.5 Å². The van der Waals surface area contributed by atoms with Crippen LogP contribution in [0.3, 0.4) is 0 Å². The van der Waals surface area contributed by atoms with Crippen molar-refractivity contribution in [2.45, 2.75) is 24.9 Å². The number of aryl methyl sites for hydroxylation is 1. The lowest BCUT2D eigenvalue weighted by atomic mass is 9.64. The van der Waals surface area contributed by atoms with Crippen molar-refractivity contribution >= 4 is 40.7 Å². The average Bonchev–Trinajstić information content (AvgIpc) is 3.39. The Morgan fingerprint density at radius 3 is 2.15 bits per heavy atom. The molecular formula is C34H24ClNO3. The summed E-state index contributed by atoms with van der Waals surface area (Å²) in [5.41, 5.74) is 3.19. The SMILES string of the molecule is Cc1ccc2c(c1)N1[C@@H](C(=O)c3ccccc3)[C@H](c3ccccc3Cl)C3(C(=O)c4ccccc4C3=O)[C@H]1C=C2. The fourth-order valence-corrected chi connectivity index (χ4v) is 7.17. The zero-order chi connectivity index (χ0) is 26.9. The lowest BCUT2D eigenvalue weighted by Crippen LogP contribution is -2.48. The molecule has 7 rings (SSSR count). The summed E-state index contributed by atoms with van der Waals surface area (Å²) in [7, 11) is 0. The highest BCUT2D eigenvalue weighted by Gasteiger charge is 2.71. The summed E-state index contributed by atoms with van der Waals surface area (Å²) in [4.78, 5) is 45.9. The van der Waals surface area contributed by atoms with Crippen LogP contribution in [0.15, 0.2) is 103 Å². The molecule has 0 amide bonds. The summed E-state index contributed by atoms with van der Waals surface area (Å²) in [6.45, 7) is 2.00. The first-order valence-electron chi connectivity index (χ1n) is 13.0. The van der Waals surface area contributed by atoms with Gasteiger partial charge in [0.2, 0.25) is 0 Å². The Morgan fingerprint density at radius 2 is 1.46 bits per heavy atom. The number of halogens is 1. The molecule has 4 aromatic rings. The van der Waals surface area contributed by atoms with E-state index >= 15 is 0 Å². The van der Waals surface area contributed by atoms with Crippen LogP contribution < -0.4 is 4.90 Å². The molecule has 3 atom stereocenters. The van der Waals surface area contributed by atoms with Crippen LogP contribution in [0.2, 0.25) is 5.02 Å². The second-order valence-corrected chi connectivity index (χ2v) is 10.9. The van der Waals surface area contributed by atoms with Gasteiger partial charge < -0.3 is 4.90 Å². The fraction of sp³-hybridized carbons (Fsp3) is 0.147. The van der Waals surface area contributed by atoms with E-state index in [0.29, 0.717) is 27.3 Å². The minimum Gasteiger partial charge on any atom is -0.352 e. The lowest BCUT2D eigenvalue weighted by molar-refractivity contribution is 0.0666. The van der Waals surface area contributed by atoms with Crippen LogP contribution in [0.4, 0.5) is 5.69 Å². The fourth-order valence-electron chi connectivity index (χ4n) is 6.92. The van der Waals surface area contributed by atoms with E-state index in [1.54, 1.807) is 42.5 Å². The quantitative estimate of drug-likeness (QED) is 0.212. The van der Waals surface area contributed by atoms with Crippen molar-refractivity contribution in [3.05, 3.63) is 142 Å². The van der Waals surface area contributed by atoms with Crippen molar-refractivity contribution in [3.8, 4) is 0 Å². The van der Waals surface area contributed by atoms with E-state index in [-0.39, 0.29) is 17.3 Å². The standard InChI is InChI=1S/C34H24ClNO3/c1-20-15-16-21-17-18-28-34(32(38)23-11-5-6-12-24(23)33(34)39)29(25-13-7-8-14-26(25)35)30(36(28)27(21)19-20)31(37)22-9-3-2-4-10-22/h2-19,28-30H,1H3/t28-,29+,30-/m1/s1. The van der Waals surface area contributed by atoms with E-state index in [1.807, 2.05) is 78.6 Å². The summed E-state index contributed by atoms with van der Waals surface area (Å²) in [5.74, 6) is -1.48. The summed E-state index contributed by atoms with van der Waals surface area (Å²) < 4.78 is 0. The van der Waals surface area contributed by atoms with E-state index in [2.05, 4.69) is 0 Å². The molecule has 39 heavy (non-hydrogen) atoms. The number of ketones is 3. The summed E-state index contributed by atoms with van der Waals surface area (Å²) in [6, 6.07) is 27.9. The number of fused-ring (bicyclic) bond motifs is 5. The highest BCUT2D eigenvalue weighted by molar-refractivity contribution is 6.34. The molecule has 3 aliphatic rings. The van der Waals surface area contributed by atoms with Crippen molar-refractivity contribution in [2.75, 3.05) is 4.90 Å². The number of rotatable bonds is 3. The van der Waals surface area contributed by atoms with Crippen molar-refractivity contribution in [3.63, 3.8) is 0 Å². The molecule has 0 bridgehead atoms. The zero-order valence-corrected chi connectivity index (χ0v) is 21.9. The number of nitrogens with zero attached hydrogens (tertiary/aromatic N) is 1. The van der Waals surface area contributed by atoms with Crippen molar-refractivity contribution in [2.24, 2.45) is 5.41 Å². The van der Waals surface area contributed by atoms with Crippen LogP contribution in [0.25, 0.3) is 6.08 Å². The first-order valence-corrected chi connectivity index (χ1v) is 13.4. The number of benzene rings is 4. The Labute approximate surface area is 231 Å². The Hall–Kier alpha value is -4.28. The molecule has 1 fully saturated rings. The van der Waals surface area contributed by atoms with E-state index < -0.39 is 23.4 Å². The molecule has 5 heteroatoms. The molecule has 0 saturated carbocycles. The van der Waals surface area contributed by atoms with Gasteiger partial charge in [0.05, 0.1) is 6.04 Å². The molecule has 0 N–H and O–H groups in total. The molecule has 1 saturated heterocycles. The maximum Gasteiger partial charge on any atom is 0.185 e. The molecule has 0 radical (unpaired) electrons. The molecule has 0 unspecified atom stereocenters. The van der Waals surface area contributed by atoms with Gasteiger partial charge in [0.15, 0.2) is 17.3 Å². The van der Waals surface area contributed by atoms with Gasteiger partial charge in [-0.3, -0.25) is 14.4 Å². The minimum absolute atomic E-state index is 0.151. The van der Waals surface area contributed by atoms with Crippen LogP contribution in [-0.2, 0) is 0 Å². The second-order valence-electron chi connectivity index (χ2n) is 10.5. The highest BCUT2D eigenvalue weighted by Crippen LogP contribution is 2.61. The summed E-state index contributed by atoms with van der Waals surface area (Å²) in [5, 5.41) is 0.428. The lowest BCUT2D eigenvalue weighted by Gasteiger charge is -2.37. The maximum absolute atomic E-state index is 14.6. The minimum atomic E-state index is -1.55. The molecule has 1 spiro atoms. The maximum atomic E-state index is 14.6. The first-order chi connectivity index (χ1) is 18.9. The topological polar surface area (TPSA) is 54.5 Å². The van der Waals surface area contributed by atoms with Gasteiger partial charge in [-0.15, -0.1) is 0 Å². The van der Waals surface area contributed by atoms with Crippen molar-refractivity contribution in [1.29, 1.82) is 0 Å². The first kappa shape index (κ1) is 23.8. The molecule has 4 aromatic carbocycles. The van der Waals surface area contributed by atoms with Crippen LogP contribution in [0.1, 0.15) is 53.7 Å². The van der Waals surface area contributed by atoms with Gasteiger partial charge in [-0.05, 0) is 35.7 Å². The normalized spacial score (nSPS) is 22.1. The van der Waals surface area contributed by atoms with Crippen LogP contribution >= 0.6 is 11.6 Å². The van der Waals surface area contributed by atoms with Crippen molar-refractivity contribution in [1.82, 2.24) is 0 Å². The third-order valence-electron chi connectivity index (χ3n) is 8.53. The third kappa shape index (κ3) is 3.15. The predicted octanol–water partition coefficient (Wildman–Crippen LogP) is 6.96. The second kappa shape index (κ2) is 8.62. The predicted molar refractivity (Wildman–Crippen MR) is 153 cm³/mol. The van der Waals surface area contributed by atoms with Gasteiger partial charge >= 0.3 is 0 Å². The largest absolute Gasteiger partial charge is 0.352 e. The van der Waals surface area contributed by atoms with Gasteiger partial charge in [-0.25, -0.2) is 0 Å². The van der Waals surface area contributed by atoms with Gasteiger partial charge in [-0.1, -0.05) is 109 Å². The van der Waals surface area contributed by atoms with Crippen molar-refractivity contribution < 1.29 is 14.4 Å². The monoisotopic (exact) mass is 529 g/mol. The number of anilines is 1.